The molecule has 0 atom stereocenters. The predicted molar refractivity (Wildman–Crippen MR) is 70.7 cm³/mol. The molecule has 2 N–H and O–H groups in total. The Hall–Kier alpha value is -1.07. The molecule has 1 saturated carbocycles. The number of rotatable bonds is 4. The maximum atomic E-state index is 13.1. The fourth-order valence-electron chi connectivity index (χ4n) is 2.71. The monoisotopic (exact) mass is 287 g/mol. The summed E-state index contributed by atoms with van der Waals surface area (Å²) in [5.74, 6) is -3.82. The van der Waals surface area contributed by atoms with Gasteiger partial charge in [0.2, 0.25) is 0 Å². The molecule has 2 nitrogen and oxygen atoms in total. The normalized spacial score (nSPS) is 18.8. The minimum Gasteiger partial charge on any atom is -0.389 e. The van der Waals surface area contributed by atoms with E-state index in [4.69, 9.17) is 0 Å². The van der Waals surface area contributed by atoms with Crippen LogP contribution < -0.4 is 5.32 Å². The summed E-state index contributed by atoms with van der Waals surface area (Å²) in [5, 5.41) is 13.4. The lowest BCUT2D eigenvalue weighted by Crippen LogP contribution is -2.39. The minimum absolute atomic E-state index is 0.205. The molecule has 0 amide bonds. The van der Waals surface area contributed by atoms with Crippen molar-refractivity contribution in [2.45, 2.75) is 50.7 Å². The van der Waals surface area contributed by atoms with E-state index < -0.39 is 23.1 Å². The van der Waals surface area contributed by atoms with Gasteiger partial charge in [-0.25, -0.2) is 13.2 Å². The lowest BCUT2D eigenvalue weighted by molar-refractivity contribution is 0.0250. The van der Waals surface area contributed by atoms with Crippen molar-refractivity contribution < 1.29 is 18.3 Å². The Labute approximate surface area is 117 Å². The van der Waals surface area contributed by atoms with E-state index in [0.29, 0.717) is 12.1 Å². The molecule has 0 aromatic heterocycles. The number of hydrogen-bond donors (Lipinski definition) is 2. The molecule has 2 rings (SSSR count). The third-order valence-electron chi connectivity index (χ3n) is 3.86. The van der Waals surface area contributed by atoms with Crippen molar-refractivity contribution in [2.75, 3.05) is 6.54 Å². The van der Waals surface area contributed by atoms with Gasteiger partial charge in [-0.1, -0.05) is 25.7 Å². The van der Waals surface area contributed by atoms with Gasteiger partial charge in [0.05, 0.1) is 5.60 Å². The van der Waals surface area contributed by atoms with Gasteiger partial charge in [0.1, 0.15) is 0 Å². The van der Waals surface area contributed by atoms with Crippen molar-refractivity contribution in [1.29, 1.82) is 0 Å². The smallest absolute Gasteiger partial charge is 0.194 e. The summed E-state index contributed by atoms with van der Waals surface area (Å²) in [7, 11) is 0. The Morgan fingerprint density at radius 2 is 1.55 bits per heavy atom. The van der Waals surface area contributed by atoms with E-state index in [1.807, 2.05) is 0 Å². The Kier molecular flexibility index (Phi) is 5.05. The molecule has 1 aromatic carbocycles. The van der Waals surface area contributed by atoms with Crippen LogP contribution in [-0.2, 0) is 6.54 Å². The molecule has 0 heterocycles. The fourth-order valence-corrected chi connectivity index (χ4v) is 2.71. The van der Waals surface area contributed by atoms with Crippen LogP contribution in [0, 0.1) is 17.5 Å². The first-order valence-electron chi connectivity index (χ1n) is 7.07. The summed E-state index contributed by atoms with van der Waals surface area (Å²) in [6.07, 6.45) is 5.75. The summed E-state index contributed by atoms with van der Waals surface area (Å²) in [4.78, 5) is 0. The zero-order valence-corrected chi connectivity index (χ0v) is 11.4. The molecule has 0 aliphatic heterocycles. The van der Waals surface area contributed by atoms with Crippen LogP contribution >= 0.6 is 0 Å². The molecular weight excluding hydrogens is 267 g/mol. The summed E-state index contributed by atoms with van der Waals surface area (Å²) >= 11 is 0. The van der Waals surface area contributed by atoms with E-state index in [1.165, 1.54) is 0 Å². The van der Waals surface area contributed by atoms with E-state index in [2.05, 4.69) is 5.32 Å². The van der Waals surface area contributed by atoms with Crippen LogP contribution in [0.1, 0.15) is 44.1 Å². The topological polar surface area (TPSA) is 32.3 Å². The van der Waals surface area contributed by atoms with Crippen molar-refractivity contribution in [1.82, 2.24) is 5.32 Å². The molecule has 0 saturated heterocycles. The highest BCUT2D eigenvalue weighted by Gasteiger charge is 2.27. The molecule has 0 radical (unpaired) electrons. The molecule has 5 heteroatoms. The van der Waals surface area contributed by atoms with E-state index in [1.54, 1.807) is 0 Å². The maximum absolute atomic E-state index is 13.1. The van der Waals surface area contributed by atoms with Crippen LogP contribution in [0.2, 0.25) is 0 Å². The first kappa shape index (κ1) is 15.3. The van der Waals surface area contributed by atoms with Gasteiger partial charge in [0.15, 0.2) is 17.5 Å². The fraction of sp³-hybridized carbons (Fsp3) is 0.600. The standard InChI is InChI=1S/C15H20F3NO/c16-12-7-11(8-13(17)14(12)18)9-19-10-15(20)5-3-1-2-4-6-15/h7-8,19-20H,1-6,9-10H2. The first-order valence-corrected chi connectivity index (χ1v) is 7.07. The Bertz CT molecular complexity index is 433. The second-order valence-corrected chi connectivity index (χ2v) is 5.62. The Morgan fingerprint density at radius 3 is 2.10 bits per heavy atom. The van der Waals surface area contributed by atoms with Crippen LogP contribution in [0.25, 0.3) is 0 Å². The maximum Gasteiger partial charge on any atom is 0.194 e. The van der Waals surface area contributed by atoms with Gasteiger partial charge in [-0.3, -0.25) is 0 Å². The number of benzene rings is 1. The summed E-state index contributed by atoms with van der Waals surface area (Å²) in [6.45, 7) is 0.587. The zero-order valence-electron chi connectivity index (χ0n) is 11.4. The van der Waals surface area contributed by atoms with Crippen molar-refractivity contribution in [3.8, 4) is 0 Å². The highest BCUT2D eigenvalue weighted by molar-refractivity contribution is 5.19. The molecule has 0 unspecified atom stereocenters. The van der Waals surface area contributed by atoms with Crippen LogP contribution in [0.3, 0.4) is 0 Å². The molecule has 112 valence electrons. The molecule has 1 aliphatic rings. The summed E-state index contributed by atoms with van der Waals surface area (Å²) in [5.41, 5.74) is -0.410. The van der Waals surface area contributed by atoms with Crippen molar-refractivity contribution >= 4 is 0 Å². The molecule has 1 aromatic rings. The largest absolute Gasteiger partial charge is 0.389 e. The zero-order chi connectivity index (χ0) is 14.6. The Morgan fingerprint density at radius 1 is 1.00 bits per heavy atom. The molecule has 20 heavy (non-hydrogen) atoms. The second kappa shape index (κ2) is 6.59. The van der Waals surface area contributed by atoms with Crippen LogP contribution in [-0.4, -0.2) is 17.3 Å². The second-order valence-electron chi connectivity index (χ2n) is 5.62. The first-order chi connectivity index (χ1) is 9.50. The molecule has 1 fully saturated rings. The number of nitrogens with one attached hydrogen (secondary N) is 1. The van der Waals surface area contributed by atoms with E-state index >= 15 is 0 Å². The summed E-state index contributed by atoms with van der Waals surface area (Å²) < 4.78 is 38.9. The van der Waals surface area contributed by atoms with Gasteiger partial charge in [0.25, 0.3) is 0 Å². The quantitative estimate of drug-likeness (QED) is 0.658. The average molecular weight is 287 g/mol. The van der Waals surface area contributed by atoms with Crippen LogP contribution in [0.4, 0.5) is 13.2 Å². The van der Waals surface area contributed by atoms with E-state index in [-0.39, 0.29) is 6.54 Å². The van der Waals surface area contributed by atoms with Gasteiger partial charge < -0.3 is 10.4 Å². The van der Waals surface area contributed by atoms with E-state index in [9.17, 15) is 18.3 Å². The lowest BCUT2D eigenvalue weighted by atomic mass is 9.94. The molecule has 0 bridgehead atoms. The minimum atomic E-state index is -1.45. The third kappa shape index (κ3) is 3.96. The highest BCUT2D eigenvalue weighted by atomic mass is 19.2. The van der Waals surface area contributed by atoms with Crippen molar-refractivity contribution in [2.24, 2.45) is 0 Å². The van der Waals surface area contributed by atoms with Gasteiger partial charge in [-0.05, 0) is 30.5 Å². The number of halogens is 3. The predicted octanol–water partition coefficient (Wildman–Crippen LogP) is 3.28. The average Bonchev–Trinajstić information content (AvgIpc) is 2.61. The Balaban J connectivity index is 1.89. The van der Waals surface area contributed by atoms with Crippen molar-refractivity contribution in [3.05, 3.63) is 35.1 Å². The third-order valence-corrected chi connectivity index (χ3v) is 3.86. The SMILES string of the molecule is OC1(CNCc2cc(F)c(F)c(F)c2)CCCCCC1. The van der Waals surface area contributed by atoms with Crippen LogP contribution in [0.15, 0.2) is 12.1 Å². The number of hydrogen-bond acceptors (Lipinski definition) is 2. The number of aliphatic hydroxyl groups is 1. The van der Waals surface area contributed by atoms with Gasteiger partial charge in [-0.2, -0.15) is 0 Å². The van der Waals surface area contributed by atoms with Gasteiger partial charge >= 0.3 is 0 Å². The summed E-state index contributed by atoms with van der Waals surface area (Å²) in [6, 6.07) is 1.95. The van der Waals surface area contributed by atoms with Gasteiger partial charge in [-0.15, -0.1) is 0 Å². The highest BCUT2D eigenvalue weighted by Crippen LogP contribution is 2.26. The van der Waals surface area contributed by atoms with Crippen molar-refractivity contribution in [3.63, 3.8) is 0 Å². The lowest BCUT2D eigenvalue weighted by Gasteiger charge is -2.27. The molecule has 0 spiro atoms. The van der Waals surface area contributed by atoms with Crippen LogP contribution in [0.5, 0.6) is 0 Å². The van der Waals surface area contributed by atoms with E-state index in [0.717, 1.165) is 50.7 Å². The van der Waals surface area contributed by atoms with Gasteiger partial charge in [0, 0.05) is 13.1 Å². The molecule has 1 aliphatic carbocycles. The molecular formula is C15H20F3NO.